The maximum atomic E-state index is 12.2. The third kappa shape index (κ3) is 4.36. The van der Waals surface area contributed by atoms with Crippen molar-refractivity contribution in [2.75, 3.05) is 6.54 Å². The van der Waals surface area contributed by atoms with Crippen LogP contribution in [0.15, 0.2) is 12.2 Å². The van der Waals surface area contributed by atoms with Crippen LogP contribution in [0.3, 0.4) is 0 Å². The summed E-state index contributed by atoms with van der Waals surface area (Å²) in [6.45, 7) is 7.50. The van der Waals surface area contributed by atoms with E-state index < -0.39 is 0 Å². The van der Waals surface area contributed by atoms with Gasteiger partial charge in [-0.3, -0.25) is 4.79 Å². The van der Waals surface area contributed by atoms with E-state index in [1.165, 1.54) is 19.3 Å². The first kappa shape index (κ1) is 14.6. The number of amides is 1. The van der Waals surface area contributed by atoms with Crippen LogP contribution in [0.2, 0.25) is 0 Å². The zero-order chi connectivity index (χ0) is 13.8. The van der Waals surface area contributed by atoms with Crippen LogP contribution in [-0.4, -0.2) is 23.4 Å². The summed E-state index contributed by atoms with van der Waals surface area (Å²) in [4.78, 5) is 14.4. The molecule has 0 aromatic rings. The van der Waals surface area contributed by atoms with Crippen molar-refractivity contribution in [1.29, 1.82) is 0 Å². The number of carbonyl (C=O) groups excluding carboxylic acids is 1. The Morgan fingerprint density at radius 2 is 2.00 bits per heavy atom. The molecule has 1 amide bonds. The van der Waals surface area contributed by atoms with E-state index in [-0.39, 0.29) is 0 Å². The predicted molar refractivity (Wildman–Crippen MR) is 79.8 cm³/mol. The Labute approximate surface area is 118 Å². The van der Waals surface area contributed by atoms with Crippen LogP contribution in [0, 0.1) is 17.8 Å². The molecule has 2 heteroatoms. The zero-order valence-electron chi connectivity index (χ0n) is 12.8. The molecule has 0 radical (unpaired) electrons. The Balaban J connectivity index is 1.71. The van der Waals surface area contributed by atoms with E-state index in [2.05, 4.69) is 37.8 Å². The van der Waals surface area contributed by atoms with Crippen LogP contribution >= 0.6 is 0 Å². The molecule has 2 aliphatic carbocycles. The van der Waals surface area contributed by atoms with E-state index in [1.54, 1.807) is 0 Å². The molecule has 2 saturated carbocycles. The number of allylic oxidation sites excluding steroid dienone is 2. The molecule has 0 N–H and O–H groups in total. The fraction of sp³-hybridized carbons (Fsp3) is 0.824. The fourth-order valence-electron chi connectivity index (χ4n) is 2.85. The maximum Gasteiger partial charge on any atom is 0.225 e. The fourth-order valence-corrected chi connectivity index (χ4v) is 2.85. The van der Waals surface area contributed by atoms with Crippen LogP contribution in [0.5, 0.6) is 0 Å². The first-order chi connectivity index (χ1) is 9.13. The molecule has 0 saturated heterocycles. The smallest absolute Gasteiger partial charge is 0.225 e. The second-order valence-electron chi connectivity index (χ2n) is 6.57. The Bertz CT molecular complexity index is 330. The topological polar surface area (TPSA) is 20.3 Å². The third-order valence-electron chi connectivity index (χ3n) is 4.44. The van der Waals surface area contributed by atoms with Crippen molar-refractivity contribution in [3.63, 3.8) is 0 Å². The van der Waals surface area contributed by atoms with Crippen molar-refractivity contribution < 1.29 is 4.79 Å². The van der Waals surface area contributed by atoms with Crippen molar-refractivity contribution in [3.8, 4) is 0 Å². The molecule has 2 aliphatic rings. The Kier molecular flexibility index (Phi) is 5.06. The summed E-state index contributed by atoms with van der Waals surface area (Å²) >= 11 is 0. The Morgan fingerprint density at radius 1 is 1.26 bits per heavy atom. The van der Waals surface area contributed by atoms with Crippen molar-refractivity contribution in [2.45, 2.75) is 65.3 Å². The quantitative estimate of drug-likeness (QED) is 0.606. The van der Waals surface area contributed by atoms with E-state index in [0.29, 0.717) is 17.9 Å². The standard InChI is InChI=1S/C17H29NO/c1-4-5-6-7-8-15-11-16(15)12-18(13(2)3)17(19)14-9-10-14/h5-6,13-16H,4,7-12H2,1-3H3. The van der Waals surface area contributed by atoms with Crippen LogP contribution in [0.1, 0.15) is 59.3 Å². The van der Waals surface area contributed by atoms with Crippen LogP contribution in [0.4, 0.5) is 0 Å². The van der Waals surface area contributed by atoms with Crippen LogP contribution in [0.25, 0.3) is 0 Å². The van der Waals surface area contributed by atoms with E-state index >= 15 is 0 Å². The first-order valence-corrected chi connectivity index (χ1v) is 8.09. The van der Waals surface area contributed by atoms with Gasteiger partial charge in [-0.1, -0.05) is 19.1 Å². The van der Waals surface area contributed by atoms with E-state index in [4.69, 9.17) is 0 Å². The molecule has 0 heterocycles. The largest absolute Gasteiger partial charge is 0.340 e. The lowest BCUT2D eigenvalue weighted by Gasteiger charge is -2.27. The van der Waals surface area contributed by atoms with Crippen molar-refractivity contribution in [3.05, 3.63) is 12.2 Å². The van der Waals surface area contributed by atoms with Gasteiger partial charge in [-0.2, -0.15) is 0 Å². The highest BCUT2D eigenvalue weighted by Gasteiger charge is 2.41. The van der Waals surface area contributed by atoms with E-state index in [1.807, 2.05) is 0 Å². The lowest BCUT2D eigenvalue weighted by atomic mass is 10.1. The Morgan fingerprint density at radius 3 is 2.58 bits per heavy atom. The van der Waals surface area contributed by atoms with Gasteiger partial charge in [0.25, 0.3) is 0 Å². The maximum absolute atomic E-state index is 12.2. The average molecular weight is 263 g/mol. The monoisotopic (exact) mass is 263 g/mol. The molecule has 108 valence electrons. The number of rotatable bonds is 8. The van der Waals surface area contributed by atoms with Gasteiger partial charge in [0.05, 0.1) is 0 Å². The molecular formula is C17H29NO. The minimum absolute atomic E-state index is 0.368. The zero-order valence-corrected chi connectivity index (χ0v) is 12.8. The molecule has 2 fully saturated rings. The highest BCUT2D eigenvalue weighted by atomic mass is 16.2. The molecule has 2 nitrogen and oxygen atoms in total. The molecule has 2 atom stereocenters. The van der Waals surface area contributed by atoms with Gasteiger partial charge in [-0.25, -0.2) is 0 Å². The van der Waals surface area contributed by atoms with Gasteiger partial charge in [0, 0.05) is 18.5 Å². The lowest BCUT2D eigenvalue weighted by Crippen LogP contribution is -2.39. The van der Waals surface area contributed by atoms with Gasteiger partial charge in [0.1, 0.15) is 0 Å². The summed E-state index contributed by atoms with van der Waals surface area (Å²) in [5, 5.41) is 0. The summed E-state index contributed by atoms with van der Waals surface area (Å²) in [6.07, 6.45) is 11.8. The highest BCUT2D eigenvalue weighted by molar-refractivity contribution is 5.81. The van der Waals surface area contributed by atoms with Crippen molar-refractivity contribution in [1.82, 2.24) is 4.90 Å². The molecule has 0 aliphatic heterocycles. The predicted octanol–water partition coefficient (Wildman–Crippen LogP) is 4.02. The molecule has 0 bridgehead atoms. The second kappa shape index (κ2) is 6.58. The number of hydrogen-bond donors (Lipinski definition) is 0. The van der Waals surface area contributed by atoms with Gasteiger partial charge in [0.15, 0.2) is 0 Å². The van der Waals surface area contributed by atoms with Crippen LogP contribution in [-0.2, 0) is 4.79 Å². The number of hydrogen-bond acceptors (Lipinski definition) is 1. The third-order valence-corrected chi connectivity index (χ3v) is 4.44. The van der Waals surface area contributed by atoms with Gasteiger partial charge in [-0.15, -0.1) is 0 Å². The Hall–Kier alpha value is -0.790. The molecule has 0 aromatic heterocycles. The lowest BCUT2D eigenvalue weighted by molar-refractivity contribution is -0.134. The normalized spacial score (nSPS) is 26.1. The summed E-state index contributed by atoms with van der Waals surface area (Å²) in [5.74, 6) is 2.44. The molecule has 0 spiro atoms. The molecule has 2 rings (SSSR count). The molecule has 0 aromatic carbocycles. The number of nitrogens with zero attached hydrogens (tertiary/aromatic N) is 1. The molecule has 19 heavy (non-hydrogen) atoms. The second-order valence-corrected chi connectivity index (χ2v) is 6.57. The van der Waals surface area contributed by atoms with Gasteiger partial charge < -0.3 is 4.90 Å². The summed E-state index contributed by atoms with van der Waals surface area (Å²) in [5.41, 5.74) is 0. The van der Waals surface area contributed by atoms with Gasteiger partial charge in [-0.05, 0) is 64.2 Å². The summed E-state index contributed by atoms with van der Waals surface area (Å²) in [6, 6.07) is 0.370. The molecular weight excluding hydrogens is 234 g/mol. The van der Waals surface area contributed by atoms with E-state index in [0.717, 1.165) is 37.6 Å². The SMILES string of the molecule is CCC=CCCC1CC1CN(C(=O)C1CC1)C(C)C. The molecule has 2 unspecified atom stereocenters. The summed E-state index contributed by atoms with van der Waals surface area (Å²) < 4.78 is 0. The average Bonchev–Trinajstić information content (AvgIpc) is 3.25. The van der Waals surface area contributed by atoms with Gasteiger partial charge in [0.2, 0.25) is 5.91 Å². The van der Waals surface area contributed by atoms with Crippen LogP contribution < -0.4 is 0 Å². The highest BCUT2D eigenvalue weighted by Crippen LogP contribution is 2.43. The van der Waals surface area contributed by atoms with Crippen molar-refractivity contribution in [2.24, 2.45) is 17.8 Å². The minimum atomic E-state index is 0.368. The van der Waals surface area contributed by atoms with E-state index in [9.17, 15) is 4.79 Å². The minimum Gasteiger partial charge on any atom is -0.340 e. The van der Waals surface area contributed by atoms with Crippen molar-refractivity contribution >= 4 is 5.91 Å². The first-order valence-electron chi connectivity index (χ1n) is 8.09. The van der Waals surface area contributed by atoms with Gasteiger partial charge >= 0.3 is 0 Å². The summed E-state index contributed by atoms with van der Waals surface area (Å²) in [7, 11) is 0. The number of carbonyl (C=O) groups is 1.